The highest BCUT2D eigenvalue weighted by Gasteiger charge is 2.18. The molecular formula is C19H14F2N2O3S. The summed E-state index contributed by atoms with van der Waals surface area (Å²) in [5, 5.41) is 2.48. The number of benzene rings is 3. The molecule has 0 saturated carbocycles. The number of carbonyl (C=O) groups is 1. The van der Waals surface area contributed by atoms with E-state index in [0.717, 1.165) is 18.2 Å². The van der Waals surface area contributed by atoms with E-state index < -0.39 is 27.6 Å². The Kier molecular flexibility index (Phi) is 5.18. The summed E-state index contributed by atoms with van der Waals surface area (Å²) in [6, 6.07) is 15.9. The minimum Gasteiger partial charge on any atom is -0.322 e. The fraction of sp³-hybridized carbons (Fsp3) is 0. The molecule has 0 aromatic heterocycles. The summed E-state index contributed by atoms with van der Waals surface area (Å²) >= 11 is 0. The fourth-order valence-corrected chi connectivity index (χ4v) is 3.43. The molecule has 27 heavy (non-hydrogen) atoms. The van der Waals surface area contributed by atoms with Crippen molar-refractivity contribution in [2.45, 2.75) is 4.90 Å². The van der Waals surface area contributed by atoms with Crippen LogP contribution < -0.4 is 10.0 Å². The lowest BCUT2D eigenvalue weighted by atomic mass is 10.2. The third kappa shape index (κ3) is 4.48. The number of anilines is 2. The lowest BCUT2D eigenvalue weighted by Crippen LogP contribution is -2.16. The largest absolute Gasteiger partial charge is 0.322 e. The zero-order chi connectivity index (χ0) is 19.4. The van der Waals surface area contributed by atoms with Crippen molar-refractivity contribution in [1.82, 2.24) is 0 Å². The molecule has 0 spiro atoms. The Balaban J connectivity index is 1.84. The maximum atomic E-state index is 13.7. The van der Waals surface area contributed by atoms with Gasteiger partial charge in [-0.1, -0.05) is 24.3 Å². The second kappa shape index (κ2) is 7.55. The highest BCUT2D eigenvalue weighted by Crippen LogP contribution is 2.20. The van der Waals surface area contributed by atoms with Crippen LogP contribution in [0.3, 0.4) is 0 Å². The molecule has 0 aliphatic carbocycles. The van der Waals surface area contributed by atoms with Gasteiger partial charge in [-0.05, 0) is 48.5 Å². The Hall–Kier alpha value is -3.26. The van der Waals surface area contributed by atoms with E-state index in [1.165, 1.54) is 54.6 Å². The Labute approximate surface area is 154 Å². The number of sulfonamides is 1. The molecule has 0 bridgehead atoms. The van der Waals surface area contributed by atoms with Crippen molar-refractivity contribution in [3.8, 4) is 0 Å². The van der Waals surface area contributed by atoms with Crippen molar-refractivity contribution >= 4 is 27.3 Å². The number of carbonyl (C=O) groups excluding carboxylic acids is 1. The average Bonchev–Trinajstić information content (AvgIpc) is 2.64. The SMILES string of the molecule is O=C(Nc1cccc(F)c1)c1cccc(S(=O)(=O)Nc2ccccc2F)c1. The molecule has 0 atom stereocenters. The van der Waals surface area contributed by atoms with Gasteiger partial charge in [-0.3, -0.25) is 9.52 Å². The number of amides is 1. The van der Waals surface area contributed by atoms with Crippen LogP contribution in [0.2, 0.25) is 0 Å². The predicted molar refractivity (Wildman–Crippen MR) is 98.0 cm³/mol. The smallest absolute Gasteiger partial charge is 0.262 e. The van der Waals surface area contributed by atoms with Crippen LogP contribution in [0.15, 0.2) is 77.7 Å². The van der Waals surface area contributed by atoms with Crippen LogP contribution in [-0.4, -0.2) is 14.3 Å². The number of para-hydroxylation sites is 1. The molecule has 0 aliphatic rings. The van der Waals surface area contributed by atoms with E-state index in [4.69, 9.17) is 0 Å². The lowest BCUT2D eigenvalue weighted by Gasteiger charge is -2.10. The molecule has 0 fully saturated rings. The van der Waals surface area contributed by atoms with Gasteiger partial charge in [0.1, 0.15) is 11.6 Å². The van der Waals surface area contributed by atoms with E-state index in [1.807, 2.05) is 0 Å². The number of hydrogen-bond donors (Lipinski definition) is 2. The van der Waals surface area contributed by atoms with Crippen LogP contribution in [0.4, 0.5) is 20.2 Å². The first-order valence-electron chi connectivity index (χ1n) is 7.79. The summed E-state index contributed by atoms with van der Waals surface area (Å²) in [5.41, 5.74) is 0.0838. The van der Waals surface area contributed by atoms with Crippen molar-refractivity contribution in [3.63, 3.8) is 0 Å². The number of halogens is 2. The van der Waals surface area contributed by atoms with Crippen molar-refractivity contribution < 1.29 is 22.0 Å². The standard InChI is InChI=1S/C19H14F2N2O3S/c20-14-6-4-7-15(12-14)22-19(24)13-5-3-8-16(11-13)27(25,26)23-18-10-2-1-9-17(18)21/h1-12,23H,(H,22,24). The average molecular weight is 388 g/mol. The van der Waals surface area contributed by atoms with Gasteiger partial charge in [-0.2, -0.15) is 0 Å². The molecule has 3 rings (SSSR count). The van der Waals surface area contributed by atoms with Gasteiger partial charge in [0.25, 0.3) is 15.9 Å². The predicted octanol–water partition coefficient (Wildman–Crippen LogP) is 4.02. The summed E-state index contributed by atoms with van der Waals surface area (Å²) in [6.45, 7) is 0. The zero-order valence-corrected chi connectivity index (χ0v) is 14.6. The summed E-state index contributed by atoms with van der Waals surface area (Å²) in [4.78, 5) is 12.1. The van der Waals surface area contributed by atoms with Crippen molar-refractivity contribution in [1.29, 1.82) is 0 Å². The first kappa shape index (κ1) is 18.5. The minimum atomic E-state index is -4.10. The second-order valence-electron chi connectivity index (χ2n) is 5.58. The molecule has 2 N–H and O–H groups in total. The van der Waals surface area contributed by atoms with E-state index in [0.29, 0.717) is 0 Å². The molecule has 1 amide bonds. The van der Waals surface area contributed by atoms with E-state index in [9.17, 15) is 22.0 Å². The van der Waals surface area contributed by atoms with Crippen molar-refractivity contribution in [2.24, 2.45) is 0 Å². The highest BCUT2D eigenvalue weighted by atomic mass is 32.2. The maximum absolute atomic E-state index is 13.7. The van der Waals surface area contributed by atoms with Crippen LogP contribution in [0.25, 0.3) is 0 Å². The van der Waals surface area contributed by atoms with Gasteiger partial charge in [0.05, 0.1) is 10.6 Å². The maximum Gasteiger partial charge on any atom is 0.262 e. The number of rotatable bonds is 5. The summed E-state index contributed by atoms with van der Waals surface area (Å²) in [6.07, 6.45) is 0. The molecule has 3 aromatic carbocycles. The van der Waals surface area contributed by atoms with Crippen LogP contribution in [0.5, 0.6) is 0 Å². The van der Waals surface area contributed by atoms with E-state index >= 15 is 0 Å². The molecule has 0 aliphatic heterocycles. The van der Waals surface area contributed by atoms with Crippen LogP contribution >= 0.6 is 0 Å². The zero-order valence-electron chi connectivity index (χ0n) is 13.8. The first-order valence-corrected chi connectivity index (χ1v) is 9.28. The van der Waals surface area contributed by atoms with Gasteiger partial charge < -0.3 is 5.32 Å². The highest BCUT2D eigenvalue weighted by molar-refractivity contribution is 7.92. The van der Waals surface area contributed by atoms with Crippen LogP contribution in [-0.2, 0) is 10.0 Å². The Bertz CT molecular complexity index is 1100. The normalized spacial score (nSPS) is 11.0. The second-order valence-corrected chi connectivity index (χ2v) is 7.26. The summed E-state index contributed by atoms with van der Waals surface area (Å²) < 4.78 is 54.0. The summed E-state index contributed by atoms with van der Waals surface area (Å²) in [5.74, 6) is -1.84. The summed E-state index contributed by atoms with van der Waals surface area (Å²) in [7, 11) is -4.10. The molecule has 0 radical (unpaired) electrons. The van der Waals surface area contributed by atoms with E-state index in [2.05, 4.69) is 10.0 Å². The molecule has 0 unspecified atom stereocenters. The van der Waals surface area contributed by atoms with Crippen molar-refractivity contribution in [2.75, 3.05) is 10.0 Å². The third-order valence-electron chi connectivity index (χ3n) is 3.61. The molecule has 5 nitrogen and oxygen atoms in total. The van der Waals surface area contributed by atoms with E-state index in [1.54, 1.807) is 0 Å². The quantitative estimate of drug-likeness (QED) is 0.693. The topological polar surface area (TPSA) is 75.3 Å². The first-order chi connectivity index (χ1) is 12.8. The van der Waals surface area contributed by atoms with Gasteiger partial charge in [0.2, 0.25) is 0 Å². The molecule has 138 valence electrons. The van der Waals surface area contributed by atoms with Crippen molar-refractivity contribution in [3.05, 3.63) is 90.0 Å². The molecule has 8 heteroatoms. The Morgan fingerprint density at radius 2 is 1.59 bits per heavy atom. The Morgan fingerprint density at radius 1 is 0.852 bits per heavy atom. The lowest BCUT2D eigenvalue weighted by molar-refractivity contribution is 0.102. The molecule has 0 heterocycles. The van der Waals surface area contributed by atoms with E-state index in [-0.39, 0.29) is 21.8 Å². The van der Waals surface area contributed by atoms with Gasteiger partial charge >= 0.3 is 0 Å². The van der Waals surface area contributed by atoms with Gasteiger partial charge in [-0.25, -0.2) is 17.2 Å². The number of nitrogens with one attached hydrogen (secondary N) is 2. The van der Waals surface area contributed by atoms with Gasteiger partial charge in [-0.15, -0.1) is 0 Å². The molecule has 0 saturated heterocycles. The third-order valence-corrected chi connectivity index (χ3v) is 4.97. The van der Waals surface area contributed by atoms with Gasteiger partial charge in [0.15, 0.2) is 0 Å². The monoisotopic (exact) mass is 388 g/mol. The van der Waals surface area contributed by atoms with Crippen LogP contribution in [0, 0.1) is 11.6 Å². The molecular weight excluding hydrogens is 374 g/mol. The minimum absolute atomic E-state index is 0.0515. The van der Waals surface area contributed by atoms with Crippen LogP contribution in [0.1, 0.15) is 10.4 Å². The Morgan fingerprint density at radius 3 is 2.33 bits per heavy atom. The van der Waals surface area contributed by atoms with Gasteiger partial charge in [0, 0.05) is 11.3 Å². The molecule has 3 aromatic rings. The number of hydrogen-bond acceptors (Lipinski definition) is 3. The fourth-order valence-electron chi connectivity index (χ4n) is 2.32.